The Hall–Kier alpha value is -3.19. The minimum atomic E-state index is -0.216. The molecule has 1 amide bonds. The lowest BCUT2D eigenvalue weighted by Gasteiger charge is -2.15. The van der Waals surface area contributed by atoms with Crippen LogP contribution in [0.4, 0.5) is 0 Å². The average molecular weight is 364 g/mol. The van der Waals surface area contributed by atoms with E-state index < -0.39 is 0 Å². The van der Waals surface area contributed by atoms with Crippen molar-refractivity contribution in [2.45, 2.75) is 6.04 Å². The number of furan rings is 1. The predicted molar refractivity (Wildman–Crippen MR) is 99.0 cm³/mol. The Labute approximate surface area is 154 Å². The van der Waals surface area contributed by atoms with Crippen molar-refractivity contribution in [3.8, 4) is 10.6 Å². The highest BCUT2D eigenvalue weighted by molar-refractivity contribution is 7.13. The Bertz CT molecular complexity index is 928. The van der Waals surface area contributed by atoms with Gasteiger partial charge in [-0.2, -0.15) is 5.10 Å². The van der Waals surface area contributed by atoms with E-state index in [-0.39, 0.29) is 11.9 Å². The highest BCUT2D eigenvalue weighted by Gasteiger charge is 2.19. The molecule has 3 heterocycles. The zero-order valence-electron chi connectivity index (χ0n) is 13.8. The molecule has 0 bridgehead atoms. The molecule has 1 atom stereocenters. The van der Waals surface area contributed by atoms with E-state index in [9.17, 15) is 4.79 Å². The highest BCUT2D eigenvalue weighted by Crippen LogP contribution is 2.23. The van der Waals surface area contributed by atoms with Gasteiger partial charge in [0.25, 0.3) is 5.91 Å². The number of rotatable bonds is 6. The smallest absolute Gasteiger partial charge is 0.270 e. The van der Waals surface area contributed by atoms with E-state index in [1.54, 1.807) is 22.5 Å². The molecule has 7 heteroatoms. The van der Waals surface area contributed by atoms with Gasteiger partial charge in [-0.3, -0.25) is 9.48 Å². The van der Waals surface area contributed by atoms with E-state index >= 15 is 0 Å². The van der Waals surface area contributed by atoms with Crippen LogP contribution < -0.4 is 5.32 Å². The first kappa shape index (κ1) is 16.3. The Morgan fingerprint density at radius 1 is 1.19 bits per heavy atom. The molecule has 6 nitrogen and oxygen atoms in total. The third-order valence-corrected chi connectivity index (χ3v) is 4.82. The summed E-state index contributed by atoms with van der Waals surface area (Å²) in [7, 11) is 0. The Morgan fingerprint density at radius 2 is 2.08 bits per heavy atom. The molecule has 0 saturated heterocycles. The second-order valence-electron chi connectivity index (χ2n) is 5.63. The van der Waals surface area contributed by atoms with E-state index in [0.29, 0.717) is 12.2 Å². The number of benzene rings is 1. The van der Waals surface area contributed by atoms with Gasteiger partial charge in [0.15, 0.2) is 0 Å². The van der Waals surface area contributed by atoms with Crippen LogP contribution in [0.2, 0.25) is 0 Å². The molecule has 4 rings (SSSR count). The Balaban J connectivity index is 1.47. The highest BCUT2D eigenvalue weighted by atomic mass is 32.1. The van der Waals surface area contributed by atoms with Crippen LogP contribution >= 0.6 is 11.3 Å². The van der Waals surface area contributed by atoms with Crippen molar-refractivity contribution in [2.75, 3.05) is 6.54 Å². The summed E-state index contributed by atoms with van der Waals surface area (Å²) in [6.45, 7) is 0.353. The number of aromatic nitrogens is 3. The largest absolute Gasteiger partial charge is 0.467 e. The van der Waals surface area contributed by atoms with Gasteiger partial charge in [-0.05, 0) is 18.2 Å². The SMILES string of the molecule is O=C(NCC(c1ccco1)n1cccn1)c1csc(-c2ccccc2)n1. The number of carbonyl (C=O) groups excluding carboxylic acids is 1. The molecule has 1 aromatic carbocycles. The van der Waals surface area contributed by atoms with Crippen molar-refractivity contribution in [1.29, 1.82) is 0 Å². The summed E-state index contributed by atoms with van der Waals surface area (Å²) in [4.78, 5) is 17.0. The van der Waals surface area contributed by atoms with Crippen LogP contribution in [-0.4, -0.2) is 27.2 Å². The first-order valence-electron chi connectivity index (χ1n) is 8.13. The second kappa shape index (κ2) is 7.37. The lowest BCUT2D eigenvalue weighted by molar-refractivity contribution is 0.0944. The fraction of sp³-hybridized carbons (Fsp3) is 0.105. The summed E-state index contributed by atoms with van der Waals surface area (Å²) in [6, 6.07) is 15.1. The molecule has 3 aromatic heterocycles. The van der Waals surface area contributed by atoms with Gasteiger partial charge in [-0.1, -0.05) is 30.3 Å². The maximum absolute atomic E-state index is 12.5. The van der Waals surface area contributed by atoms with Crippen molar-refractivity contribution < 1.29 is 9.21 Å². The number of amides is 1. The van der Waals surface area contributed by atoms with Gasteiger partial charge >= 0.3 is 0 Å². The Morgan fingerprint density at radius 3 is 2.81 bits per heavy atom. The van der Waals surface area contributed by atoms with Crippen LogP contribution in [0, 0.1) is 0 Å². The molecule has 0 spiro atoms. The van der Waals surface area contributed by atoms with Crippen LogP contribution in [0.1, 0.15) is 22.3 Å². The van der Waals surface area contributed by atoms with Gasteiger partial charge in [-0.25, -0.2) is 4.98 Å². The first-order valence-corrected chi connectivity index (χ1v) is 9.01. The maximum atomic E-state index is 12.5. The van der Waals surface area contributed by atoms with Gasteiger partial charge in [0.2, 0.25) is 0 Å². The molecule has 1 N–H and O–H groups in total. The molecule has 0 aliphatic carbocycles. The number of hydrogen-bond acceptors (Lipinski definition) is 5. The summed E-state index contributed by atoms with van der Waals surface area (Å²) in [6.07, 6.45) is 5.15. The number of carbonyl (C=O) groups is 1. The summed E-state index contributed by atoms with van der Waals surface area (Å²) in [5.41, 5.74) is 1.41. The molecular weight excluding hydrogens is 348 g/mol. The molecule has 1 unspecified atom stereocenters. The normalized spacial score (nSPS) is 12.0. The third kappa shape index (κ3) is 3.43. The topological polar surface area (TPSA) is 73.0 Å². The predicted octanol–water partition coefficient (Wildman–Crippen LogP) is 3.62. The van der Waals surface area contributed by atoms with Gasteiger partial charge in [0.1, 0.15) is 22.5 Å². The van der Waals surface area contributed by atoms with Crippen molar-refractivity contribution in [3.63, 3.8) is 0 Å². The quantitative estimate of drug-likeness (QED) is 0.567. The number of hydrogen-bond donors (Lipinski definition) is 1. The molecule has 0 saturated carbocycles. The van der Waals surface area contributed by atoms with E-state index in [0.717, 1.165) is 16.3 Å². The molecule has 0 aliphatic heterocycles. The van der Waals surface area contributed by atoms with Crippen LogP contribution in [0.5, 0.6) is 0 Å². The van der Waals surface area contributed by atoms with Crippen LogP contribution in [-0.2, 0) is 0 Å². The molecule has 26 heavy (non-hydrogen) atoms. The monoisotopic (exact) mass is 364 g/mol. The number of nitrogens with one attached hydrogen (secondary N) is 1. The number of nitrogens with zero attached hydrogens (tertiary/aromatic N) is 3. The average Bonchev–Trinajstić information content (AvgIpc) is 3.44. The van der Waals surface area contributed by atoms with Gasteiger partial charge in [-0.15, -0.1) is 11.3 Å². The van der Waals surface area contributed by atoms with Gasteiger partial charge in [0, 0.05) is 29.9 Å². The van der Waals surface area contributed by atoms with E-state index in [2.05, 4.69) is 15.4 Å². The fourth-order valence-corrected chi connectivity index (χ4v) is 3.45. The molecule has 0 aliphatic rings. The van der Waals surface area contributed by atoms with E-state index in [1.165, 1.54) is 11.3 Å². The number of thiazole rings is 1. The van der Waals surface area contributed by atoms with Crippen LogP contribution in [0.15, 0.2) is 77.0 Å². The van der Waals surface area contributed by atoms with Crippen LogP contribution in [0.3, 0.4) is 0 Å². The molecule has 130 valence electrons. The van der Waals surface area contributed by atoms with Gasteiger partial charge in [0.05, 0.1) is 6.26 Å². The third-order valence-electron chi connectivity index (χ3n) is 3.93. The second-order valence-corrected chi connectivity index (χ2v) is 6.49. The van der Waals surface area contributed by atoms with Gasteiger partial charge < -0.3 is 9.73 Å². The Kier molecular flexibility index (Phi) is 4.61. The molecular formula is C19H16N4O2S. The van der Waals surface area contributed by atoms with Crippen molar-refractivity contribution >= 4 is 17.2 Å². The minimum Gasteiger partial charge on any atom is -0.467 e. The molecule has 0 fully saturated rings. The van der Waals surface area contributed by atoms with Crippen molar-refractivity contribution in [2.24, 2.45) is 0 Å². The van der Waals surface area contributed by atoms with Crippen molar-refractivity contribution in [3.05, 3.63) is 84.0 Å². The lowest BCUT2D eigenvalue weighted by atomic mass is 10.2. The maximum Gasteiger partial charge on any atom is 0.270 e. The summed E-state index contributed by atoms with van der Waals surface area (Å²) < 4.78 is 7.25. The fourth-order valence-electron chi connectivity index (χ4n) is 2.64. The minimum absolute atomic E-state index is 0.212. The molecule has 0 radical (unpaired) electrons. The zero-order chi connectivity index (χ0) is 17.8. The van der Waals surface area contributed by atoms with Crippen LogP contribution in [0.25, 0.3) is 10.6 Å². The van der Waals surface area contributed by atoms with E-state index in [1.807, 2.05) is 54.7 Å². The standard InChI is InChI=1S/C19H16N4O2S/c24-18(15-13-26-19(22-15)14-6-2-1-3-7-14)20-12-16(17-8-4-11-25-17)23-10-5-9-21-23/h1-11,13,16H,12H2,(H,20,24). The summed E-state index contributed by atoms with van der Waals surface area (Å²) in [5.74, 6) is 0.518. The summed E-state index contributed by atoms with van der Waals surface area (Å²) >= 11 is 1.45. The van der Waals surface area contributed by atoms with Crippen molar-refractivity contribution in [1.82, 2.24) is 20.1 Å². The zero-order valence-corrected chi connectivity index (χ0v) is 14.6. The summed E-state index contributed by atoms with van der Waals surface area (Å²) in [5, 5.41) is 9.78. The molecule has 4 aromatic rings. The first-order chi connectivity index (χ1) is 12.8. The lowest BCUT2D eigenvalue weighted by Crippen LogP contribution is -2.31. The van der Waals surface area contributed by atoms with E-state index in [4.69, 9.17) is 4.42 Å².